The monoisotopic (exact) mass is 670 g/mol. The molecule has 2 aliphatic rings. The van der Waals surface area contributed by atoms with Crippen molar-refractivity contribution in [3.05, 3.63) is 137 Å². The fraction of sp³-hybridized carbons (Fsp3) is 0.273. The molecule has 2 fully saturated rings. The number of nitro benzene ring substituents is 2. The van der Waals surface area contributed by atoms with Crippen molar-refractivity contribution in [3.8, 4) is 0 Å². The first-order valence-corrected chi connectivity index (χ1v) is 15.4. The molecule has 0 amide bonds. The van der Waals surface area contributed by atoms with Crippen molar-refractivity contribution in [1.29, 1.82) is 0 Å². The molecule has 2 aliphatic heterocycles. The normalized spacial score (nSPS) is 18.6. The molecular weight excluding hydrogens is 644 g/mol. The largest absolute Gasteiger partial charge is 0.367 e. The summed E-state index contributed by atoms with van der Waals surface area (Å²) >= 11 is 12.1. The van der Waals surface area contributed by atoms with Crippen LogP contribution in [0.25, 0.3) is 0 Å². The predicted octanol–water partition coefficient (Wildman–Crippen LogP) is 9.69. The summed E-state index contributed by atoms with van der Waals surface area (Å²) in [6.45, 7) is 0.792. The molecule has 8 nitrogen and oxygen atoms in total. The number of hydrogen-bond acceptors (Lipinski definition) is 6. The Labute approximate surface area is 272 Å². The molecule has 2 heterocycles. The second-order valence-electron chi connectivity index (χ2n) is 11.5. The van der Waals surface area contributed by atoms with Gasteiger partial charge in [-0.3, -0.25) is 20.2 Å². The second-order valence-corrected chi connectivity index (χ2v) is 12.3. The van der Waals surface area contributed by atoms with E-state index in [2.05, 4.69) is 0 Å². The summed E-state index contributed by atoms with van der Waals surface area (Å²) in [5.74, 6) is -1.73. The second kappa shape index (κ2) is 12.8. The molecule has 0 saturated carbocycles. The summed E-state index contributed by atoms with van der Waals surface area (Å²) in [6, 6.07) is 16.4. The lowest BCUT2D eigenvalue weighted by Gasteiger charge is -2.36. The Balaban J connectivity index is 1.36. The van der Waals surface area contributed by atoms with Gasteiger partial charge in [-0.2, -0.15) is 0 Å². The van der Waals surface area contributed by atoms with E-state index in [9.17, 15) is 24.6 Å². The molecule has 13 heteroatoms. The maximum absolute atomic E-state index is 16.0. The van der Waals surface area contributed by atoms with Crippen LogP contribution in [0, 0.1) is 37.7 Å². The molecular formula is C33H27Cl2F3N4O4. The first kappa shape index (κ1) is 31.6. The molecule has 6 rings (SSSR count). The Morgan fingerprint density at radius 2 is 1.11 bits per heavy atom. The minimum atomic E-state index is -0.774. The third-order valence-corrected chi connectivity index (χ3v) is 9.58. The smallest absolute Gasteiger partial charge is 0.288 e. The predicted molar refractivity (Wildman–Crippen MR) is 170 cm³/mol. The van der Waals surface area contributed by atoms with E-state index in [1.807, 2.05) is 0 Å². The summed E-state index contributed by atoms with van der Waals surface area (Å²) in [6.07, 6.45) is 2.13. The zero-order valence-electron chi connectivity index (χ0n) is 24.2. The fourth-order valence-corrected chi connectivity index (χ4v) is 7.13. The van der Waals surface area contributed by atoms with Crippen molar-refractivity contribution in [1.82, 2.24) is 0 Å². The van der Waals surface area contributed by atoms with Crippen LogP contribution in [0.2, 0.25) is 10.0 Å². The van der Waals surface area contributed by atoms with Gasteiger partial charge in [-0.15, -0.1) is 0 Å². The average Bonchev–Trinajstić information content (AvgIpc) is 3.47. The van der Waals surface area contributed by atoms with Gasteiger partial charge in [-0.1, -0.05) is 47.5 Å². The molecule has 4 aromatic rings. The van der Waals surface area contributed by atoms with Crippen molar-refractivity contribution < 1.29 is 23.0 Å². The van der Waals surface area contributed by atoms with Crippen LogP contribution in [0.1, 0.15) is 60.4 Å². The van der Waals surface area contributed by atoms with Crippen LogP contribution >= 0.6 is 23.2 Å². The number of anilines is 2. The number of halogens is 5. The van der Waals surface area contributed by atoms with Gasteiger partial charge in [0.15, 0.2) is 11.6 Å². The van der Waals surface area contributed by atoms with E-state index in [1.54, 1.807) is 34.1 Å². The van der Waals surface area contributed by atoms with Crippen LogP contribution in [0.15, 0.2) is 72.8 Å². The molecule has 0 aromatic heterocycles. The van der Waals surface area contributed by atoms with Crippen molar-refractivity contribution in [2.45, 2.75) is 43.7 Å². The van der Waals surface area contributed by atoms with Gasteiger partial charge in [-0.05, 0) is 84.7 Å². The fourth-order valence-electron chi connectivity index (χ4n) is 6.75. The lowest BCUT2D eigenvalue weighted by atomic mass is 9.89. The van der Waals surface area contributed by atoms with Crippen LogP contribution in [-0.2, 0) is 0 Å². The number of benzene rings is 4. The van der Waals surface area contributed by atoms with Crippen molar-refractivity contribution >= 4 is 46.0 Å². The number of rotatable bonds is 7. The van der Waals surface area contributed by atoms with Crippen LogP contribution in [0.4, 0.5) is 35.9 Å². The molecule has 46 heavy (non-hydrogen) atoms. The number of nitro groups is 2. The van der Waals surface area contributed by atoms with E-state index in [1.165, 1.54) is 48.5 Å². The van der Waals surface area contributed by atoms with Crippen molar-refractivity contribution in [2.24, 2.45) is 0 Å². The van der Waals surface area contributed by atoms with Crippen LogP contribution in [-0.4, -0.2) is 22.9 Å². The highest BCUT2D eigenvalue weighted by atomic mass is 35.5. The Bertz CT molecular complexity index is 1730. The van der Waals surface area contributed by atoms with Crippen molar-refractivity contribution in [2.75, 3.05) is 22.9 Å². The zero-order chi connectivity index (χ0) is 32.7. The van der Waals surface area contributed by atoms with E-state index in [0.29, 0.717) is 49.9 Å². The summed E-state index contributed by atoms with van der Waals surface area (Å²) in [5.41, 5.74) is 1.42. The van der Waals surface area contributed by atoms with E-state index in [4.69, 9.17) is 23.2 Å². The third kappa shape index (κ3) is 6.09. The average molecular weight is 672 g/mol. The Morgan fingerprint density at radius 1 is 0.652 bits per heavy atom. The molecule has 0 unspecified atom stereocenters. The lowest BCUT2D eigenvalue weighted by Crippen LogP contribution is -2.34. The minimum Gasteiger partial charge on any atom is -0.367 e. The molecule has 0 spiro atoms. The Hall–Kier alpha value is -4.35. The van der Waals surface area contributed by atoms with Crippen LogP contribution in [0.3, 0.4) is 0 Å². The van der Waals surface area contributed by atoms with E-state index >= 15 is 8.78 Å². The van der Waals surface area contributed by atoms with Gasteiger partial charge in [-0.25, -0.2) is 13.2 Å². The summed E-state index contributed by atoms with van der Waals surface area (Å²) < 4.78 is 45.3. The Morgan fingerprint density at radius 3 is 1.57 bits per heavy atom. The molecule has 2 saturated heterocycles. The van der Waals surface area contributed by atoms with Crippen molar-refractivity contribution in [3.63, 3.8) is 0 Å². The topological polar surface area (TPSA) is 92.8 Å². The SMILES string of the molecule is O=[N+]([O-])c1cc([C@H]2CC[C@H](c3ccc(Cl)c([N+](=O)[O-])c3)N2c2cc(F)c(N3CCC(c4ccc(F)cc4)CC3)c(F)c2)ccc1Cl. The van der Waals surface area contributed by atoms with Gasteiger partial charge in [0, 0.05) is 30.9 Å². The van der Waals surface area contributed by atoms with E-state index < -0.39 is 33.6 Å². The molecule has 0 radical (unpaired) electrons. The highest BCUT2D eigenvalue weighted by molar-refractivity contribution is 6.33. The van der Waals surface area contributed by atoms with Gasteiger partial charge in [0.1, 0.15) is 21.5 Å². The zero-order valence-corrected chi connectivity index (χ0v) is 25.7. The first-order valence-electron chi connectivity index (χ1n) is 14.7. The van der Waals surface area contributed by atoms with Gasteiger partial charge in [0.05, 0.1) is 21.9 Å². The van der Waals surface area contributed by atoms with Gasteiger partial charge in [0.2, 0.25) is 0 Å². The molecule has 0 aliphatic carbocycles. The van der Waals surface area contributed by atoms with Gasteiger partial charge in [0.25, 0.3) is 11.4 Å². The maximum Gasteiger partial charge on any atom is 0.288 e. The lowest BCUT2D eigenvalue weighted by molar-refractivity contribution is -0.384. The number of nitrogens with zero attached hydrogens (tertiary/aromatic N) is 4. The van der Waals surface area contributed by atoms with E-state index in [-0.39, 0.29) is 44.5 Å². The third-order valence-electron chi connectivity index (χ3n) is 8.94. The number of hydrogen-bond donors (Lipinski definition) is 0. The molecule has 2 atom stereocenters. The van der Waals surface area contributed by atoms with Gasteiger partial charge < -0.3 is 9.80 Å². The first-order chi connectivity index (χ1) is 22.0. The van der Waals surface area contributed by atoms with Crippen LogP contribution < -0.4 is 9.80 Å². The molecule has 238 valence electrons. The summed E-state index contributed by atoms with van der Waals surface area (Å²) in [4.78, 5) is 25.5. The molecule has 4 aromatic carbocycles. The maximum atomic E-state index is 16.0. The highest BCUT2D eigenvalue weighted by Gasteiger charge is 2.38. The Kier molecular flexibility index (Phi) is 8.80. The standard InChI is InChI=1S/C33H27Cl2F3N4O4/c34-25-7-3-21(15-31(25)41(43)44)29-9-10-30(22-4-8-26(35)32(16-22)42(45)46)40(29)24-17-27(37)33(28(38)18-24)39-13-11-20(12-14-39)19-1-5-23(36)6-2-19/h1-8,15-18,20,29-30H,9-14H2/t29-,30-/m1/s1. The minimum absolute atomic E-state index is 0.0483. The summed E-state index contributed by atoms with van der Waals surface area (Å²) in [5, 5.41) is 23.2. The molecule has 0 N–H and O–H groups in total. The quantitative estimate of drug-likeness (QED) is 0.144. The highest BCUT2D eigenvalue weighted by Crippen LogP contribution is 2.49. The van der Waals surface area contributed by atoms with E-state index in [0.717, 1.165) is 5.56 Å². The van der Waals surface area contributed by atoms with Crippen LogP contribution in [0.5, 0.6) is 0 Å². The van der Waals surface area contributed by atoms with Gasteiger partial charge >= 0.3 is 0 Å². The summed E-state index contributed by atoms with van der Waals surface area (Å²) in [7, 11) is 0. The molecule has 0 bridgehead atoms. The number of piperidine rings is 1.